The van der Waals surface area contributed by atoms with Crippen molar-refractivity contribution in [3.8, 4) is 0 Å². The van der Waals surface area contributed by atoms with Crippen LogP contribution in [0.5, 0.6) is 0 Å². The van der Waals surface area contributed by atoms with Crippen molar-refractivity contribution in [3.63, 3.8) is 0 Å². The second kappa shape index (κ2) is 51.1. The molecule has 0 spiro atoms. The van der Waals surface area contributed by atoms with Crippen molar-refractivity contribution in [3.05, 3.63) is 0 Å². The number of ether oxygens (including phenoxy) is 1. The highest BCUT2D eigenvalue weighted by molar-refractivity contribution is 4.75. The normalized spacial score (nSPS) is 15.7. The molecule has 1 heterocycles. The summed E-state index contributed by atoms with van der Waals surface area (Å²) in [6.07, 6.45) is 45.3. The minimum atomic E-state index is -0.345. The van der Waals surface area contributed by atoms with Crippen LogP contribution < -0.4 is 0 Å². The van der Waals surface area contributed by atoms with Gasteiger partial charge in [-0.05, 0) is 51.6 Å². The van der Waals surface area contributed by atoms with Crippen molar-refractivity contribution < 1.29 is 25.2 Å². The van der Waals surface area contributed by atoms with Gasteiger partial charge in [0.05, 0.1) is 31.0 Å². The first-order chi connectivity index (χ1) is 33.8. The minimum absolute atomic E-state index is 0.309. The molecule has 1 rings (SSSR count). The molecule has 0 radical (unpaired) electrons. The summed E-state index contributed by atoms with van der Waals surface area (Å²) in [5.74, 6) is 0. The molecule has 0 aromatic heterocycles. The molecule has 414 valence electrons. The van der Waals surface area contributed by atoms with Gasteiger partial charge in [0.25, 0.3) is 0 Å². The summed E-state index contributed by atoms with van der Waals surface area (Å²) in [7, 11) is 0. The van der Waals surface area contributed by atoms with E-state index in [4.69, 9.17) is 4.74 Å². The van der Waals surface area contributed by atoms with Crippen LogP contribution in [0.4, 0.5) is 0 Å². The van der Waals surface area contributed by atoms with Crippen LogP contribution in [0.3, 0.4) is 0 Å². The fourth-order valence-electron chi connectivity index (χ4n) is 10.6. The van der Waals surface area contributed by atoms with Crippen molar-refractivity contribution in [1.82, 2.24) is 19.6 Å². The highest BCUT2D eigenvalue weighted by Gasteiger charge is 2.20. The van der Waals surface area contributed by atoms with E-state index in [0.717, 1.165) is 123 Å². The molecule has 4 atom stereocenters. The summed E-state index contributed by atoms with van der Waals surface area (Å²) in [6, 6.07) is 0. The van der Waals surface area contributed by atoms with Crippen LogP contribution in [0.25, 0.3) is 0 Å². The van der Waals surface area contributed by atoms with Gasteiger partial charge in [-0.1, -0.05) is 233 Å². The molecule has 0 bridgehead atoms. The number of nitrogens with zero attached hydrogens (tertiary/aromatic N) is 4. The molecule has 1 fully saturated rings. The van der Waals surface area contributed by atoms with Gasteiger partial charge in [-0.3, -0.25) is 9.80 Å². The highest BCUT2D eigenvalue weighted by Crippen LogP contribution is 2.17. The fourth-order valence-corrected chi connectivity index (χ4v) is 10.6. The molecule has 9 heteroatoms. The Morgan fingerprint density at radius 2 is 0.580 bits per heavy atom. The standard InChI is InChI=1S/C60H124N4O5/c1-5-9-13-17-21-25-29-33-39-57(65)53-63(54-58(66)40-34-30-26-22-18-14-10-6-2)44-37-43-61-46-48-62(49-47-61)45-38-51-69-52-50-64(55-59(67)41-35-31-27-23-19-15-11-7-3)56-60(68)42-36-32-28-24-20-16-12-8-4/h57-60,65-68H,5-56H2,1-4H3. The van der Waals surface area contributed by atoms with E-state index in [-0.39, 0.29) is 24.4 Å². The van der Waals surface area contributed by atoms with E-state index in [1.165, 1.54) is 180 Å². The number of aliphatic hydroxyl groups is 4. The zero-order valence-corrected chi connectivity index (χ0v) is 47.1. The van der Waals surface area contributed by atoms with Crippen LogP contribution in [0.15, 0.2) is 0 Å². The second-order valence-corrected chi connectivity index (χ2v) is 22.2. The average Bonchev–Trinajstić information content (AvgIpc) is 3.33. The third kappa shape index (κ3) is 44.8. The van der Waals surface area contributed by atoms with Crippen LogP contribution in [0.2, 0.25) is 0 Å². The first kappa shape index (κ1) is 66.7. The first-order valence-corrected chi connectivity index (χ1v) is 31.0. The molecule has 4 unspecified atom stereocenters. The summed E-state index contributed by atoms with van der Waals surface area (Å²) < 4.78 is 6.19. The molecule has 0 aliphatic carbocycles. The van der Waals surface area contributed by atoms with Crippen LogP contribution in [-0.2, 0) is 4.74 Å². The first-order valence-electron chi connectivity index (χ1n) is 31.0. The number of rotatable bonds is 55. The maximum atomic E-state index is 11.1. The summed E-state index contributed by atoms with van der Waals surface area (Å²) in [5.41, 5.74) is 0. The molecule has 0 aromatic carbocycles. The lowest BCUT2D eigenvalue weighted by Crippen LogP contribution is -2.47. The summed E-state index contributed by atoms with van der Waals surface area (Å²) in [6.45, 7) is 21.3. The number of hydrogen-bond donors (Lipinski definition) is 4. The maximum absolute atomic E-state index is 11.1. The topological polar surface area (TPSA) is 103 Å². The van der Waals surface area contributed by atoms with E-state index in [1.54, 1.807) is 0 Å². The Hall–Kier alpha value is -0.360. The molecule has 0 amide bonds. The van der Waals surface area contributed by atoms with Crippen molar-refractivity contribution in [2.75, 3.05) is 91.8 Å². The van der Waals surface area contributed by atoms with Gasteiger partial charge < -0.3 is 35.0 Å². The molecule has 4 N–H and O–H groups in total. The van der Waals surface area contributed by atoms with Crippen LogP contribution in [-0.4, -0.2) is 156 Å². The number of unbranched alkanes of at least 4 members (excludes halogenated alkanes) is 28. The maximum Gasteiger partial charge on any atom is 0.0667 e. The Kier molecular flexibility index (Phi) is 49.4. The van der Waals surface area contributed by atoms with Gasteiger partial charge in [-0.2, -0.15) is 0 Å². The van der Waals surface area contributed by atoms with Gasteiger partial charge in [0.1, 0.15) is 0 Å². The lowest BCUT2D eigenvalue weighted by atomic mass is 10.0. The van der Waals surface area contributed by atoms with Crippen LogP contribution >= 0.6 is 0 Å². The summed E-state index contributed by atoms with van der Waals surface area (Å²) >= 11 is 0. The minimum Gasteiger partial charge on any atom is -0.392 e. The monoisotopic (exact) mass is 981 g/mol. The Morgan fingerprint density at radius 3 is 0.884 bits per heavy atom. The number of hydrogen-bond acceptors (Lipinski definition) is 9. The van der Waals surface area contributed by atoms with Gasteiger partial charge in [0.15, 0.2) is 0 Å². The molecule has 0 aromatic rings. The molecule has 1 saturated heterocycles. The predicted octanol–water partition coefficient (Wildman–Crippen LogP) is 13.6. The molecule has 1 aliphatic rings. The van der Waals surface area contributed by atoms with Gasteiger partial charge in [0, 0.05) is 72.1 Å². The SMILES string of the molecule is CCCCCCCCCCC(O)CN(CCCN1CCN(CCCOCCN(CC(O)CCCCCCCCCC)CC(O)CCCCCCCCCC)CC1)CC(O)CCCCCCCCCC. The Morgan fingerprint density at radius 1 is 0.319 bits per heavy atom. The summed E-state index contributed by atoms with van der Waals surface area (Å²) in [4.78, 5) is 9.84. The molecule has 1 aliphatic heterocycles. The molecular formula is C60H124N4O5. The number of aliphatic hydroxyl groups excluding tert-OH is 4. The van der Waals surface area contributed by atoms with Gasteiger partial charge in [0.2, 0.25) is 0 Å². The zero-order chi connectivity index (χ0) is 50.1. The van der Waals surface area contributed by atoms with Crippen LogP contribution in [0, 0.1) is 0 Å². The average molecular weight is 982 g/mol. The predicted molar refractivity (Wildman–Crippen MR) is 299 cm³/mol. The Bertz CT molecular complexity index is 946. The van der Waals surface area contributed by atoms with E-state index >= 15 is 0 Å². The molecular weight excluding hydrogens is 857 g/mol. The van der Waals surface area contributed by atoms with E-state index in [9.17, 15) is 20.4 Å². The highest BCUT2D eigenvalue weighted by atomic mass is 16.5. The third-order valence-electron chi connectivity index (χ3n) is 15.2. The van der Waals surface area contributed by atoms with Crippen molar-refractivity contribution in [2.24, 2.45) is 0 Å². The Balaban J connectivity index is 2.45. The van der Waals surface area contributed by atoms with Crippen molar-refractivity contribution in [1.29, 1.82) is 0 Å². The van der Waals surface area contributed by atoms with Crippen LogP contribution in [0.1, 0.15) is 272 Å². The van der Waals surface area contributed by atoms with E-state index in [2.05, 4.69) is 47.3 Å². The van der Waals surface area contributed by atoms with Gasteiger partial charge in [-0.15, -0.1) is 0 Å². The quantitative estimate of drug-likeness (QED) is 0.0444. The number of piperazine rings is 1. The fraction of sp³-hybridized carbons (Fsp3) is 1.00. The van der Waals surface area contributed by atoms with E-state index in [1.807, 2.05) is 0 Å². The zero-order valence-electron chi connectivity index (χ0n) is 47.1. The molecule has 69 heavy (non-hydrogen) atoms. The van der Waals surface area contributed by atoms with E-state index < -0.39 is 0 Å². The molecule has 9 nitrogen and oxygen atoms in total. The van der Waals surface area contributed by atoms with Gasteiger partial charge >= 0.3 is 0 Å². The second-order valence-electron chi connectivity index (χ2n) is 22.2. The third-order valence-corrected chi connectivity index (χ3v) is 15.2. The molecule has 0 saturated carbocycles. The van der Waals surface area contributed by atoms with Crippen molar-refractivity contribution >= 4 is 0 Å². The Labute approximate surface area is 431 Å². The van der Waals surface area contributed by atoms with Gasteiger partial charge in [-0.25, -0.2) is 0 Å². The van der Waals surface area contributed by atoms with E-state index in [0.29, 0.717) is 32.8 Å². The smallest absolute Gasteiger partial charge is 0.0667 e. The van der Waals surface area contributed by atoms with Crippen molar-refractivity contribution in [2.45, 2.75) is 296 Å². The lowest BCUT2D eigenvalue weighted by molar-refractivity contribution is 0.0355. The largest absolute Gasteiger partial charge is 0.392 e. The lowest BCUT2D eigenvalue weighted by Gasteiger charge is -2.35. The summed E-state index contributed by atoms with van der Waals surface area (Å²) in [5, 5.41) is 44.2.